The van der Waals surface area contributed by atoms with Crippen LogP contribution in [0.25, 0.3) is 0 Å². The van der Waals surface area contributed by atoms with Crippen molar-refractivity contribution < 1.29 is 0 Å². The van der Waals surface area contributed by atoms with Gasteiger partial charge in [0.05, 0.1) is 0 Å². The summed E-state index contributed by atoms with van der Waals surface area (Å²) in [7, 11) is -0.121. The summed E-state index contributed by atoms with van der Waals surface area (Å²) in [5.74, 6) is 0.937. The Morgan fingerprint density at radius 3 is 1.55 bits per heavy atom. The molecule has 3 aliphatic rings. The van der Waals surface area contributed by atoms with Gasteiger partial charge in [0.2, 0.25) is 0 Å². The van der Waals surface area contributed by atoms with Crippen LogP contribution in [0.1, 0.15) is 90.4 Å². The van der Waals surface area contributed by atoms with Crippen molar-refractivity contribution in [2.45, 2.75) is 113 Å². The molecule has 3 aliphatic carbocycles. The van der Waals surface area contributed by atoms with Gasteiger partial charge in [-0.1, -0.05) is 120 Å². The highest BCUT2D eigenvalue weighted by Crippen LogP contribution is 2.65. The Morgan fingerprint density at radius 2 is 1.06 bits per heavy atom. The first-order valence-corrected chi connectivity index (χ1v) is 17.0. The molecule has 0 amide bonds. The van der Waals surface area contributed by atoms with E-state index < -0.39 is 0 Å². The zero-order valence-corrected chi connectivity index (χ0v) is 22.5. The predicted molar refractivity (Wildman–Crippen MR) is 150 cm³/mol. The molecule has 0 heterocycles. The zero-order chi connectivity index (χ0) is 22.5. The van der Waals surface area contributed by atoms with Gasteiger partial charge >= 0.3 is 0 Å². The van der Waals surface area contributed by atoms with Crippen LogP contribution in [0.5, 0.6) is 0 Å². The fourth-order valence-electron chi connectivity index (χ4n) is 7.49. The highest BCUT2D eigenvalue weighted by molar-refractivity contribution is 7.73. The predicted octanol–water partition coefficient (Wildman–Crippen LogP) is 8.82. The van der Waals surface area contributed by atoms with Crippen LogP contribution < -0.4 is 10.6 Å². The normalized spacial score (nSPS) is 26.2. The largest absolute Gasteiger partial charge is 0.0968 e. The summed E-state index contributed by atoms with van der Waals surface area (Å²) in [5.41, 5.74) is 4.01. The molecule has 0 N–H and O–H groups in total. The molecule has 0 radical (unpaired) electrons. The minimum atomic E-state index is -0.299. The number of rotatable bonds is 7. The standard InChI is InChI=1S/C31H44P2/c1-25(32(26-15-6-2-7-16-26)27-17-8-3-9-18-27)30-23-14-24-31(30)33(28-19-10-4-11-20-28)29-21-12-5-13-22-29/h2-3,6-9,15-18,25,28-31H,4-5,10-14,19-24H2,1H3/t25-,30?,31?/m1/s1. The van der Waals surface area contributed by atoms with Crippen molar-refractivity contribution in [1.29, 1.82) is 0 Å². The van der Waals surface area contributed by atoms with Gasteiger partial charge < -0.3 is 0 Å². The van der Waals surface area contributed by atoms with E-state index in [4.69, 9.17) is 0 Å². The number of hydrogen-bond donors (Lipinski definition) is 0. The maximum Gasteiger partial charge on any atom is -0.0123 e. The SMILES string of the molecule is C[C@H](C1CCCC1P(C1CCCCC1)C1CCCCC1)P(c1ccccc1)c1ccccc1. The lowest BCUT2D eigenvalue weighted by molar-refractivity contribution is 0.469. The Labute approximate surface area is 205 Å². The van der Waals surface area contributed by atoms with Gasteiger partial charge in [0.1, 0.15) is 0 Å². The number of hydrogen-bond acceptors (Lipinski definition) is 0. The van der Waals surface area contributed by atoms with Crippen molar-refractivity contribution in [3.05, 3.63) is 60.7 Å². The molecular weight excluding hydrogens is 434 g/mol. The van der Waals surface area contributed by atoms with E-state index in [0.29, 0.717) is 0 Å². The van der Waals surface area contributed by atoms with E-state index >= 15 is 0 Å². The van der Waals surface area contributed by atoms with Gasteiger partial charge in [-0.15, -0.1) is 0 Å². The van der Waals surface area contributed by atoms with Crippen LogP contribution in [-0.4, -0.2) is 22.6 Å². The van der Waals surface area contributed by atoms with Crippen LogP contribution in [0, 0.1) is 5.92 Å². The first kappa shape index (κ1) is 24.0. The van der Waals surface area contributed by atoms with E-state index in [1.807, 2.05) is 0 Å². The van der Waals surface area contributed by atoms with Crippen LogP contribution in [0.4, 0.5) is 0 Å². The third kappa shape index (κ3) is 5.60. The molecule has 2 unspecified atom stereocenters. The molecule has 3 fully saturated rings. The molecule has 33 heavy (non-hydrogen) atoms. The Kier molecular flexibility index (Phi) is 8.60. The lowest BCUT2D eigenvalue weighted by Gasteiger charge is -2.46. The van der Waals surface area contributed by atoms with Crippen molar-refractivity contribution in [1.82, 2.24) is 0 Å². The first-order valence-electron chi connectivity index (χ1n) is 14.0. The molecule has 0 bridgehead atoms. The summed E-state index contributed by atoms with van der Waals surface area (Å²) >= 11 is 0. The van der Waals surface area contributed by atoms with Crippen LogP contribution in [0.2, 0.25) is 0 Å². The monoisotopic (exact) mass is 478 g/mol. The van der Waals surface area contributed by atoms with E-state index in [0.717, 1.165) is 28.6 Å². The summed E-state index contributed by atoms with van der Waals surface area (Å²) in [6.45, 7) is 2.66. The van der Waals surface area contributed by atoms with Crippen LogP contribution in [0.3, 0.4) is 0 Å². The molecule has 178 valence electrons. The quantitative estimate of drug-likeness (QED) is 0.349. The fourth-order valence-corrected chi connectivity index (χ4v) is 15.5. The van der Waals surface area contributed by atoms with Gasteiger partial charge in [0, 0.05) is 0 Å². The van der Waals surface area contributed by atoms with Gasteiger partial charge in [-0.2, -0.15) is 0 Å². The lowest BCUT2D eigenvalue weighted by atomic mass is 9.99. The molecule has 2 aromatic rings. The molecule has 2 heteroatoms. The summed E-state index contributed by atoms with van der Waals surface area (Å²) < 4.78 is 0. The molecule has 2 aromatic carbocycles. The van der Waals surface area contributed by atoms with Crippen molar-refractivity contribution in [3.8, 4) is 0 Å². The van der Waals surface area contributed by atoms with Crippen molar-refractivity contribution in [2.75, 3.05) is 0 Å². The zero-order valence-electron chi connectivity index (χ0n) is 20.7. The Hall–Kier alpha value is -0.700. The second-order valence-corrected chi connectivity index (χ2v) is 16.6. The summed E-state index contributed by atoms with van der Waals surface area (Å²) in [6.07, 6.45) is 19.8. The van der Waals surface area contributed by atoms with Crippen LogP contribution in [0.15, 0.2) is 60.7 Å². The van der Waals surface area contributed by atoms with Crippen LogP contribution in [-0.2, 0) is 0 Å². The van der Waals surface area contributed by atoms with Crippen molar-refractivity contribution in [2.24, 2.45) is 5.92 Å². The third-order valence-corrected chi connectivity index (χ3v) is 16.0. The highest BCUT2D eigenvalue weighted by Gasteiger charge is 2.44. The molecule has 5 rings (SSSR count). The molecule has 0 nitrogen and oxygen atoms in total. The lowest BCUT2D eigenvalue weighted by Crippen LogP contribution is -2.34. The second kappa shape index (κ2) is 11.8. The average Bonchev–Trinajstić information content (AvgIpc) is 3.36. The maximum absolute atomic E-state index is 2.66. The van der Waals surface area contributed by atoms with E-state index in [1.165, 1.54) is 51.4 Å². The van der Waals surface area contributed by atoms with Gasteiger partial charge in [0.25, 0.3) is 0 Å². The molecule has 0 saturated heterocycles. The highest BCUT2D eigenvalue weighted by atomic mass is 31.1. The van der Waals surface area contributed by atoms with Crippen LogP contribution >= 0.6 is 15.8 Å². The molecular formula is C31H44P2. The topological polar surface area (TPSA) is 0 Å². The van der Waals surface area contributed by atoms with E-state index in [2.05, 4.69) is 67.6 Å². The van der Waals surface area contributed by atoms with E-state index in [1.54, 1.807) is 42.7 Å². The molecule has 3 atom stereocenters. The molecule has 0 aliphatic heterocycles. The van der Waals surface area contributed by atoms with Crippen molar-refractivity contribution in [3.63, 3.8) is 0 Å². The second-order valence-electron chi connectivity index (χ2n) is 11.0. The maximum atomic E-state index is 2.66. The number of benzene rings is 2. The fraction of sp³-hybridized carbons (Fsp3) is 0.613. The smallest absolute Gasteiger partial charge is 0.0123 e. The summed E-state index contributed by atoms with van der Waals surface area (Å²) in [6, 6.07) is 23.1. The van der Waals surface area contributed by atoms with Crippen molar-refractivity contribution >= 4 is 26.5 Å². The third-order valence-electron chi connectivity index (χ3n) is 9.00. The molecule has 0 spiro atoms. The van der Waals surface area contributed by atoms with Gasteiger partial charge in [-0.25, -0.2) is 0 Å². The first-order chi connectivity index (χ1) is 16.3. The summed E-state index contributed by atoms with van der Waals surface area (Å²) in [4.78, 5) is 0. The Balaban J connectivity index is 1.45. The van der Waals surface area contributed by atoms with E-state index in [-0.39, 0.29) is 15.8 Å². The summed E-state index contributed by atoms with van der Waals surface area (Å²) in [5, 5.41) is 3.19. The molecule has 0 aromatic heterocycles. The molecule has 3 saturated carbocycles. The Bertz CT molecular complexity index is 765. The van der Waals surface area contributed by atoms with E-state index in [9.17, 15) is 0 Å². The minimum Gasteiger partial charge on any atom is -0.0968 e. The van der Waals surface area contributed by atoms with Gasteiger partial charge in [-0.3, -0.25) is 0 Å². The van der Waals surface area contributed by atoms with Gasteiger partial charge in [0.15, 0.2) is 0 Å². The Morgan fingerprint density at radius 1 is 0.576 bits per heavy atom. The van der Waals surface area contributed by atoms with Gasteiger partial charge in [-0.05, 0) is 85.6 Å². The minimum absolute atomic E-state index is 0.178. The average molecular weight is 479 g/mol.